The Morgan fingerprint density at radius 2 is 1.81 bits per heavy atom. The summed E-state index contributed by atoms with van der Waals surface area (Å²) < 4.78 is 5.47. The van der Waals surface area contributed by atoms with Crippen molar-refractivity contribution in [2.45, 2.75) is 26.4 Å². The minimum Gasteiger partial charge on any atom is -0.512 e. The minimum absolute atomic E-state index is 0.123. The standard InChI is InChI=1S/C13H16O2Si/c1-10-12(16(2,3)15-13(10)14)9-11-7-5-4-6-8-11/h4-8H,9H2,1-3H3. The van der Waals surface area contributed by atoms with Gasteiger partial charge in [0.2, 0.25) is 0 Å². The van der Waals surface area contributed by atoms with Crippen molar-refractivity contribution in [3.05, 3.63) is 46.7 Å². The van der Waals surface area contributed by atoms with Crippen molar-refractivity contribution in [1.82, 2.24) is 0 Å². The molecule has 0 saturated heterocycles. The maximum absolute atomic E-state index is 11.5. The summed E-state index contributed by atoms with van der Waals surface area (Å²) in [7, 11) is -1.95. The van der Waals surface area contributed by atoms with Crippen LogP contribution in [0.3, 0.4) is 0 Å². The van der Waals surface area contributed by atoms with Crippen LogP contribution in [0.4, 0.5) is 0 Å². The smallest absolute Gasteiger partial charge is 0.320 e. The molecule has 0 unspecified atom stereocenters. The number of rotatable bonds is 2. The first-order valence-electron chi connectivity index (χ1n) is 5.48. The third-order valence-electron chi connectivity index (χ3n) is 3.06. The van der Waals surface area contributed by atoms with Gasteiger partial charge in [0.1, 0.15) is 0 Å². The highest BCUT2D eigenvalue weighted by Crippen LogP contribution is 2.31. The van der Waals surface area contributed by atoms with Crippen molar-refractivity contribution in [2.75, 3.05) is 0 Å². The van der Waals surface area contributed by atoms with Gasteiger partial charge >= 0.3 is 5.97 Å². The number of allylic oxidation sites excluding steroid dienone is 1. The highest BCUT2D eigenvalue weighted by molar-refractivity contribution is 6.82. The molecule has 1 aromatic carbocycles. The topological polar surface area (TPSA) is 26.3 Å². The van der Waals surface area contributed by atoms with Crippen LogP contribution in [0.5, 0.6) is 0 Å². The quantitative estimate of drug-likeness (QED) is 0.733. The lowest BCUT2D eigenvalue weighted by atomic mass is 10.1. The molecule has 0 saturated carbocycles. The molecule has 0 spiro atoms. The largest absolute Gasteiger partial charge is 0.512 e. The molecular formula is C13H16O2Si. The SMILES string of the molecule is CC1=C(Cc2ccccc2)[Si](C)(C)OC1=O. The van der Waals surface area contributed by atoms with Crippen molar-refractivity contribution in [3.63, 3.8) is 0 Å². The van der Waals surface area contributed by atoms with Gasteiger partial charge in [-0.15, -0.1) is 0 Å². The molecule has 16 heavy (non-hydrogen) atoms. The summed E-state index contributed by atoms with van der Waals surface area (Å²) in [6, 6.07) is 10.2. The fraction of sp³-hybridized carbons (Fsp3) is 0.308. The molecule has 2 nitrogen and oxygen atoms in total. The lowest BCUT2D eigenvalue weighted by molar-refractivity contribution is -0.129. The summed E-state index contributed by atoms with van der Waals surface area (Å²) in [6.45, 7) is 6.04. The van der Waals surface area contributed by atoms with Gasteiger partial charge in [-0.2, -0.15) is 0 Å². The fourth-order valence-electron chi connectivity index (χ4n) is 2.09. The number of benzene rings is 1. The van der Waals surface area contributed by atoms with E-state index in [2.05, 4.69) is 25.2 Å². The van der Waals surface area contributed by atoms with Crippen LogP contribution in [-0.4, -0.2) is 14.3 Å². The van der Waals surface area contributed by atoms with Crippen LogP contribution in [0.15, 0.2) is 41.1 Å². The molecule has 0 bridgehead atoms. The Kier molecular flexibility index (Phi) is 2.72. The predicted molar refractivity (Wildman–Crippen MR) is 66.4 cm³/mol. The molecule has 0 fully saturated rings. The van der Waals surface area contributed by atoms with Gasteiger partial charge in [-0.25, -0.2) is 4.79 Å². The molecule has 1 aliphatic heterocycles. The van der Waals surface area contributed by atoms with Crippen molar-refractivity contribution >= 4 is 14.3 Å². The normalized spacial score (nSPS) is 18.8. The van der Waals surface area contributed by atoms with Gasteiger partial charge in [0, 0.05) is 5.57 Å². The lowest BCUT2D eigenvalue weighted by Gasteiger charge is -2.18. The molecule has 0 aliphatic carbocycles. The first-order chi connectivity index (χ1) is 7.50. The summed E-state index contributed by atoms with van der Waals surface area (Å²) >= 11 is 0. The van der Waals surface area contributed by atoms with Crippen LogP contribution in [0, 0.1) is 0 Å². The van der Waals surface area contributed by atoms with Crippen molar-refractivity contribution in [3.8, 4) is 0 Å². The Morgan fingerprint density at radius 3 is 2.31 bits per heavy atom. The fourth-order valence-corrected chi connectivity index (χ4v) is 4.46. The molecule has 2 rings (SSSR count). The Morgan fingerprint density at radius 1 is 1.19 bits per heavy atom. The average molecular weight is 232 g/mol. The Hall–Kier alpha value is -1.35. The molecule has 1 aliphatic rings. The summed E-state index contributed by atoms with van der Waals surface area (Å²) in [5.41, 5.74) is 2.07. The molecule has 84 valence electrons. The molecular weight excluding hydrogens is 216 g/mol. The number of hydrogen-bond acceptors (Lipinski definition) is 2. The van der Waals surface area contributed by atoms with Crippen molar-refractivity contribution in [2.24, 2.45) is 0 Å². The zero-order chi connectivity index (χ0) is 11.8. The summed E-state index contributed by atoms with van der Waals surface area (Å²) in [5.74, 6) is -0.123. The molecule has 0 amide bonds. The monoisotopic (exact) mass is 232 g/mol. The van der Waals surface area contributed by atoms with Crippen LogP contribution in [-0.2, 0) is 15.6 Å². The van der Waals surface area contributed by atoms with Crippen LogP contribution in [0.1, 0.15) is 12.5 Å². The zero-order valence-electron chi connectivity index (χ0n) is 9.91. The van der Waals surface area contributed by atoms with Crippen molar-refractivity contribution < 1.29 is 9.22 Å². The molecule has 3 heteroatoms. The van der Waals surface area contributed by atoms with Gasteiger partial charge in [0.15, 0.2) is 0 Å². The van der Waals surface area contributed by atoms with E-state index in [1.165, 1.54) is 10.8 Å². The summed E-state index contributed by atoms with van der Waals surface area (Å²) in [5, 5.41) is 1.23. The Labute approximate surface area is 97.1 Å². The third kappa shape index (κ3) is 1.95. The minimum atomic E-state index is -1.95. The third-order valence-corrected chi connectivity index (χ3v) is 5.76. The molecule has 0 radical (unpaired) electrons. The average Bonchev–Trinajstić information content (AvgIpc) is 2.42. The number of carbonyl (C=O) groups is 1. The van der Waals surface area contributed by atoms with E-state index in [9.17, 15) is 4.79 Å². The molecule has 1 heterocycles. The van der Waals surface area contributed by atoms with E-state index in [4.69, 9.17) is 4.43 Å². The van der Waals surface area contributed by atoms with E-state index >= 15 is 0 Å². The summed E-state index contributed by atoms with van der Waals surface area (Å²) in [4.78, 5) is 11.5. The maximum atomic E-state index is 11.5. The highest BCUT2D eigenvalue weighted by Gasteiger charge is 2.40. The van der Waals surface area contributed by atoms with Gasteiger partial charge in [-0.3, -0.25) is 0 Å². The number of carbonyl (C=O) groups excluding carboxylic acids is 1. The van der Waals surface area contributed by atoms with Gasteiger partial charge in [-0.05, 0) is 37.2 Å². The first kappa shape index (κ1) is 11.1. The second kappa shape index (κ2) is 3.90. The second-order valence-electron chi connectivity index (χ2n) is 4.67. The number of hydrogen-bond donors (Lipinski definition) is 0. The van der Waals surface area contributed by atoms with Gasteiger partial charge in [0.25, 0.3) is 8.32 Å². The summed E-state index contributed by atoms with van der Waals surface area (Å²) in [6.07, 6.45) is 0.845. The van der Waals surface area contributed by atoms with Crippen molar-refractivity contribution in [1.29, 1.82) is 0 Å². The van der Waals surface area contributed by atoms with Crippen LogP contribution in [0.25, 0.3) is 0 Å². The second-order valence-corrected chi connectivity index (χ2v) is 8.49. The molecule has 0 atom stereocenters. The molecule has 0 aromatic heterocycles. The van der Waals surface area contributed by atoms with Gasteiger partial charge < -0.3 is 4.43 Å². The maximum Gasteiger partial charge on any atom is 0.320 e. The van der Waals surface area contributed by atoms with E-state index in [0.717, 1.165) is 12.0 Å². The Balaban J connectivity index is 2.31. The van der Waals surface area contributed by atoms with Crippen LogP contribution >= 0.6 is 0 Å². The van der Waals surface area contributed by atoms with Crippen LogP contribution in [0.2, 0.25) is 13.1 Å². The Bertz CT molecular complexity index is 446. The van der Waals surface area contributed by atoms with E-state index < -0.39 is 8.32 Å². The van der Waals surface area contributed by atoms with Crippen LogP contribution < -0.4 is 0 Å². The molecule has 0 N–H and O–H groups in total. The van der Waals surface area contributed by atoms with E-state index in [1.807, 2.05) is 25.1 Å². The highest BCUT2D eigenvalue weighted by atomic mass is 28.4. The van der Waals surface area contributed by atoms with E-state index in [-0.39, 0.29) is 5.97 Å². The van der Waals surface area contributed by atoms with E-state index in [1.54, 1.807) is 0 Å². The van der Waals surface area contributed by atoms with E-state index in [0.29, 0.717) is 0 Å². The predicted octanol–water partition coefficient (Wildman–Crippen LogP) is 2.85. The van der Waals surface area contributed by atoms with Gasteiger partial charge in [0.05, 0.1) is 0 Å². The zero-order valence-corrected chi connectivity index (χ0v) is 10.9. The van der Waals surface area contributed by atoms with Gasteiger partial charge in [-0.1, -0.05) is 30.3 Å². The first-order valence-corrected chi connectivity index (χ1v) is 8.39. The lowest BCUT2D eigenvalue weighted by Crippen LogP contribution is -2.30. The molecule has 1 aromatic rings.